The van der Waals surface area contributed by atoms with Crippen molar-refractivity contribution in [2.45, 2.75) is 6.04 Å². The number of methoxy groups -OCH3 is 1. The smallest absolute Gasteiger partial charge is 0.330 e. The number of amides is 1. The highest BCUT2D eigenvalue weighted by atomic mass is 35.5. The second-order valence-corrected chi connectivity index (χ2v) is 4.46. The van der Waals surface area contributed by atoms with Crippen LogP contribution in [-0.4, -0.2) is 36.7 Å². The van der Waals surface area contributed by atoms with Gasteiger partial charge in [0.25, 0.3) is 5.91 Å². The number of rotatable bonds is 4. The van der Waals surface area contributed by atoms with E-state index in [0.717, 1.165) is 0 Å². The van der Waals surface area contributed by atoms with E-state index in [1.807, 2.05) is 0 Å². The zero-order valence-electron chi connectivity index (χ0n) is 10.6. The molecule has 1 heterocycles. The topological polar surface area (TPSA) is 88.8 Å². The fourth-order valence-electron chi connectivity index (χ4n) is 1.68. The lowest BCUT2D eigenvalue weighted by molar-refractivity contribution is -0.143. The minimum atomic E-state index is -1.13. The standard InChI is InChI=1S/C13H12ClNO5/c1-19-13(18)9(6-16)15-12(17)11-5-7-4-8(14)2-3-10(7)20-11/h2-5,9,16H,6H2,1H3,(H,15,17)/t9-/m1/s1. The number of carbonyl (C=O) groups is 2. The van der Waals surface area contributed by atoms with E-state index in [4.69, 9.17) is 21.1 Å². The Hall–Kier alpha value is -2.05. The molecule has 0 aliphatic rings. The third kappa shape index (κ3) is 2.92. The van der Waals surface area contributed by atoms with E-state index in [2.05, 4.69) is 10.1 Å². The fraction of sp³-hybridized carbons (Fsp3) is 0.231. The Labute approximate surface area is 119 Å². The Balaban J connectivity index is 2.20. The highest BCUT2D eigenvalue weighted by molar-refractivity contribution is 6.31. The monoisotopic (exact) mass is 297 g/mol. The summed E-state index contributed by atoms with van der Waals surface area (Å²) in [5.74, 6) is -1.34. The van der Waals surface area contributed by atoms with E-state index < -0.39 is 24.5 Å². The molecule has 2 N–H and O–H groups in total. The molecule has 2 aromatic rings. The lowest BCUT2D eigenvalue weighted by Crippen LogP contribution is -2.43. The van der Waals surface area contributed by atoms with Gasteiger partial charge in [-0.2, -0.15) is 0 Å². The molecule has 1 aromatic heterocycles. The number of esters is 1. The number of hydrogen-bond donors (Lipinski definition) is 2. The Morgan fingerprint density at radius 3 is 2.85 bits per heavy atom. The summed E-state index contributed by atoms with van der Waals surface area (Å²) in [7, 11) is 1.17. The van der Waals surface area contributed by atoms with Gasteiger partial charge in [0.2, 0.25) is 0 Å². The van der Waals surface area contributed by atoms with Crippen LogP contribution in [-0.2, 0) is 9.53 Å². The number of benzene rings is 1. The molecule has 106 valence electrons. The summed E-state index contributed by atoms with van der Waals surface area (Å²) in [4.78, 5) is 23.2. The van der Waals surface area contributed by atoms with Gasteiger partial charge in [0, 0.05) is 10.4 Å². The molecule has 0 unspecified atom stereocenters. The number of aliphatic hydroxyl groups excluding tert-OH is 1. The minimum Gasteiger partial charge on any atom is -0.467 e. The summed E-state index contributed by atoms with van der Waals surface area (Å²) in [5.41, 5.74) is 0.498. The van der Waals surface area contributed by atoms with Gasteiger partial charge in [-0.15, -0.1) is 0 Å². The normalized spacial score (nSPS) is 12.2. The first kappa shape index (κ1) is 14.4. The second kappa shape index (κ2) is 5.94. The number of carbonyl (C=O) groups excluding carboxylic acids is 2. The van der Waals surface area contributed by atoms with Crippen LogP contribution >= 0.6 is 11.6 Å². The minimum absolute atomic E-state index is 0.0182. The molecule has 7 heteroatoms. The van der Waals surface area contributed by atoms with E-state index in [1.54, 1.807) is 18.2 Å². The van der Waals surface area contributed by atoms with E-state index in [-0.39, 0.29) is 5.76 Å². The molecule has 6 nitrogen and oxygen atoms in total. The zero-order chi connectivity index (χ0) is 14.7. The fourth-order valence-corrected chi connectivity index (χ4v) is 1.86. The summed E-state index contributed by atoms with van der Waals surface area (Å²) >= 11 is 5.84. The summed E-state index contributed by atoms with van der Waals surface area (Å²) < 4.78 is 9.79. The van der Waals surface area contributed by atoms with Crippen LogP contribution in [0.2, 0.25) is 5.02 Å². The second-order valence-electron chi connectivity index (χ2n) is 4.02. The molecular formula is C13H12ClNO5. The van der Waals surface area contributed by atoms with Crippen molar-refractivity contribution in [2.75, 3.05) is 13.7 Å². The third-order valence-corrected chi connectivity index (χ3v) is 2.91. The van der Waals surface area contributed by atoms with Gasteiger partial charge in [0.05, 0.1) is 13.7 Å². The van der Waals surface area contributed by atoms with Gasteiger partial charge >= 0.3 is 5.97 Å². The van der Waals surface area contributed by atoms with Gasteiger partial charge in [-0.3, -0.25) is 4.79 Å². The first-order chi connectivity index (χ1) is 9.55. The molecule has 0 fully saturated rings. The number of halogens is 1. The Morgan fingerprint density at radius 1 is 1.45 bits per heavy atom. The van der Waals surface area contributed by atoms with Crippen molar-refractivity contribution < 1.29 is 23.8 Å². The number of hydrogen-bond acceptors (Lipinski definition) is 5. The Morgan fingerprint density at radius 2 is 2.20 bits per heavy atom. The first-order valence-electron chi connectivity index (χ1n) is 5.74. The number of nitrogens with one attached hydrogen (secondary N) is 1. The first-order valence-corrected chi connectivity index (χ1v) is 6.11. The SMILES string of the molecule is COC(=O)[C@@H](CO)NC(=O)c1cc2cc(Cl)ccc2o1. The predicted octanol–water partition coefficient (Wildman–Crippen LogP) is 1.35. The highest BCUT2D eigenvalue weighted by Crippen LogP contribution is 2.23. The van der Waals surface area contributed by atoms with Gasteiger partial charge in [-0.1, -0.05) is 11.6 Å². The number of fused-ring (bicyclic) bond motifs is 1. The average molecular weight is 298 g/mol. The van der Waals surface area contributed by atoms with Crippen molar-refractivity contribution in [3.05, 3.63) is 35.0 Å². The van der Waals surface area contributed by atoms with Gasteiger partial charge in [-0.25, -0.2) is 4.79 Å². The molecule has 0 bridgehead atoms. The Bertz CT molecular complexity index is 651. The number of aliphatic hydroxyl groups is 1. The molecule has 0 aliphatic carbocycles. The molecule has 1 atom stereocenters. The van der Waals surface area contributed by atoms with Crippen LogP contribution in [0.3, 0.4) is 0 Å². The molecule has 0 saturated carbocycles. The molecule has 2 rings (SSSR count). The van der Waals surface area contributed by atoms with Gasteiger partial charge in [0.1, 0.15) is 5.58 Å². The lowest BCUT2D eigenvalue weighted by atomic mass is 10.2. The van der Waals surface area contributed by atoms with Crippen LogP contribution in [0.15, 0.2) is 28.7 Å². The van der Waals surface area contributed by atoms with Crippen molar-refractivity contribution in [1.29, 1.82) is 0 Å². The maximum absolute atomic E-state index is 11.9. The van der Waals surface area contributed by atoms with Crippen LogP contribution in [0.25, 0.3) is 11.0 Å². The molecule has 0 spiro atoms. The number of furan rings is 1. The predicted molar refractivity (Wildman–Crippen MR) is 71.6 cm³/mol. The third-order valence-electron chi connectivity index (χ3n) is 2.68. The Kier molecular flexibility index (Phi) is 4.26. The molecular weight excluding hydrogens is 286 g/mol. The maximum Gasteiger partial charge on any atom is 0.330 e. The van der Waals surface area contributed by atoms with Crippen LogP contribution < -0.4 is 5.32 Å². The van der Waals surface area contributed by atoms with Crippen molar-refractivity contribution in [3.8, 4) is 0 Å². The van der Waals surface area contributed by atoms with E-state index in [1.165, 1.54) is 13.2 Å². The molecule has 1 aromatic carbocycles. The van der Waals surface area contributed by atoms with Gasteiger partial charge in [-0.05, 0) is 24.3 Å². The van der Waals surface area contributed by atoms with E-state index >= 15 is 0 Å². The van der Waals surface area contributed by atoms with Gasteiger partial charge < -0.3 is 19.6 Å². The molecule has 1 amide bonds. The highest BCUT2D eigenvalue weighted by Gasteiger charge is 2.23. The van der Waals surface area contributed by atoms with Crippen molar-refractivity contribution >= 4 is 34.4 Å². The molecule has 20 heavy (non-hydrogen) atoms. The summed E-state index contributed by atoms with van der Waals surface area (Å²) in [6.07, 6.45) is 0. The van der Waals surface area contributed by atoms with Crippen LogP contribution in [0.4, 0.5) is 0 Å². The summed E-state index contributed by atoms with van der Waals surface area (Å²) in [6, 6.07) is 5.30. The zero-order valence-corrected chi connectivity index (χ0v) is 11.3. The van der Waals surface area contributed by atoms with Crippen molar-refractivity contribution in [2.24, 2.45) is 0 Å². The van der Waals surface area contributed by atoms with Crippen molar-refractivity contribution in [3.63, 3.8) is 0 Å². The van der Waals surface area contributed by atoms with Crippen LogP contribution in [0, 0.1) is 0 Å². The summed E-state index contributed by atoms with van der Waals surface area (Å²) in [5, 5.41) is 12.5. The largest absolute Gasteiger partial charge is 0.467 e. The van der Waals surface area contributed by atoms with Crippen LogP contribution in [0.5, 0.6) is 0 Å². The molecule has 0 saturated heterocycles. The van der Waals surface area contributed by atoms with E-state index in [0.29, 0.717) is 16.0 Å². The summed E-state index contributed by atoms with van der Waals surface area (Å²) in [6.45, 7) is -0.565. The van der Waals surface area contributed by atoms with Gasteiger partial charge in [0.15, 0.2) is 11.8 Å². The average Bonchev–Trinajstić information content (AvgIpc) is 2.86. The quantitative estimate of drug-likeness (QED) is 0.832. The van der Waals surface area contributed by atoms with Crippen LogP contribution in [0.1, 0.15) is 10.6 Å². The lowest BCUT2D eigenvalue weighted by Gasteiger charge is -2.12. The number of ether oxygens (including phenoxy) is 1. The maximum atomic E-state index is 11.9. The van der Waals surface area contributed by atoms with E-state index in [9.17, 15) is 9.59 Å². The van der Waals surface area contributed by atoms with Crippen molar-refractivity contribution in [1.82, 2.24) is 5.32 Å². The molecule has 0 radical (unpaired) electrons. The molecule has 0 aliphatic heterocycles.